The van der Waals surface area contributed by atoms with Gasteiger partial charge < -0.3 is 10.6 Å². The molecule has 3 rings (SSSR count). The number of halogens is 1. The van der Waals surface area contributed by atoms with Crippen LogP contribution in [-0.4, -0.2) is 21.1 Å². The summed E-state index contributed by atoms with van der Waals surface area (Å²) < 4.78 is 0.843. The van der Waals surface area contributed by atoms with E-state index in [1.165, 1.54) is 0 Å². The lowest BCUT2D eigenvalue weighted by Crippen LogP contribution is -2.13. The van der Waals surface area contributed by atoms with E-state index < -0.39 is 0 Å². The number of hydrogen-bond acceptors (Lipinski definition) is 5. The molecule has 2 heterocycles. The fraction of sp³-hybridized carbons (Fsp3) is 0.0588. The van der Waals surface area contributed by atoms with Crippen molar-refractivity contribution in [2.75, 3.05) is 10.6 Å². The Morgan fingerprint density at radius 1 is 1.00 bits per heavy atom. The topological polar surface area (TPSA) is 79.8 Å². The fourth-order valence-corrected chi connectivity index (χ4v) is 2.39. The summed E-state index contributed by atoms with van der Waals surface area (Å²) in [4.78, 5) is 16.4. The van der Waals surface area contributed by atoms with Crippen LogP contribution in [0.1, 0.15) is 16.1 Å². The van der Waals surface area contributed by atoms with Gasteiger partial charge in [-0.1, -0.05) is 28.1 Å². The van der Waals surface area contributed by atoms with Crippen molar-refractivity contribution in [3.8, 4) is 0 Å². The van der Waals surface area contributed by atoms with Gasteiger partial charge in [-0.25, -0.2) is 0 Å². The minimum absolute atomic E-state index is 0.236. The first kappa shape index (κ1) is 16.1. The minimum atomic E-state index is -0.236. The molecule has 1 aromatic carbocycles. The van der Waals surface area contributed by atoms with Crippen molar-refractivity contribution in [3.05, 3.63) is 76.5 Å². The van der Waals surface area contributed by atoms with Crippen molar-refractivity contribution >= 4 is 33.5 Å². The molecule has 6 nitrogen and oxygen atoms in total. The highest BCUT2D eigenvalue weighted by molar-refractivity contribution is 9.10. The highest BCUT2D eigenvalue weighted by Crippen LogP contribution is 2.13. The van der Waals surface area contributed by atoms with Gasteiger partial charge in [-0.3, -0.25) is 9.78 Å². The smallest absolute Gasteiger partial charge is 0.256 e. The first-order valence-electron chi connectivity index (χ1n) is 7.25. The molecule has 0 aliphatic carbocycles. The number of amides is 1. The number of carbonyl (C=O) groups excluding carboxylic acids is 1. The van der Waals surface area contributed by atoms with Crippen LogP contribution in [0.2, 0.25) is 0 Å². The molecule has 0 radical (unpaired) electrons. The maximum Gasteiger partial charge on any atom is 0.256 e. The molecule has 120 valence electrons. The van der Waals surface area contributed by atoms with Crippen molar-refractivity contribution in [3.63, 3.8) is 0 Å². The second kappa shape index (κ2) is 7.65. The Balaban J connectivity index is 1.59. The molecule has 0 fully saturated rings. The predicted molar refractivity (Wildman–Crippen MR) is 95.7 cm³/mol. The Hall–Kier alpha value is -2.80. The van der Waals surface area contributed by atoms with Gasteiger partial charge in [0, 0.05) is 16.2 Å². The van der Waals surface area contributed by atoms with E-state index in [-0.39, 0.29) is 5.91 Å². The van der Waals surface area contributed by atoms with Gasteiger partial charge >= 0.3 is 0 Å². The Morgan fingerprint density at radius 3 is 2.54 bits per heavy atom. The van der Waals surface area contributed by atoms with E-state index in [9.17, 15) is 4.79 Å². The molecule has 7 heteroatoms. The standard InChI is InChI=1S/C17H14BrN5O/c18-13-5-3-4-12(10-13)17(24)21-16-8-7-15(22-23-16)20-11-14-6-1-2-9-19-14/h1-10H,11H2,(H,20,22)(H,21,23,24). The van der Waals surface area contributed by atoms with E-state index in [1.54, 1.807) is 36.5 Å². The van der Waals surface area contributed by atoms with E-state index in [1.807, 2.05) is 24.3 Å². The number of pyridine rings is 1. The van der Waals surface area contributed by atoms with Gasteiger partial charge in [0.1, 0.15) is 5.82 Å². The van der Waals surface area contributed by atoms with Gasteiger partial charge in [-0.2, -0.15) is 0 Å². The van der Waals surface area contributed by atoms with Gasteiger partial charge in [-0.05, 0) is 42.5 Å². The highest BCUT2D eigenvalue weighted by atomic mass is 79.9. The first-order valence-corrected chi connectivity index (χ1v) is 8.04. The van der Waals surface area contributed by atoms with Crippen LogP contribution in [-0.2, 0) is 6.54 Å². The average molecular weight is 384 g/mol. The van der Waals surface area contributed by atoms with Crippen molar-refractivity contribution < 1.29 is 4.79 Å². The summed E-state index contributed by atoms with van der Waals surface area (Å²) in [5.41, 5.74) is 1.45. The Kier molecular flexibility index (Phi) is 5.12. The quantitative estimate of drug-likeness (QED) is 0.704. The molecule has 1 amide bonds. The van der Waals surface area contributed by atoms with Gasteiger partial charge in [0.25, 0.3) is 5.91 Å². The Labute approximate surface area is 147 Å². The van der Waals surface area contributed by atoms with E-state index in [0.29, 0.717) is 23.7 Å². The summed E-state index contributed by atoms with van der Waals surface area (Å²) in [5.74, 6) is 0.768. The molecule has 2 N–H and O–H groups in total. The van der Waals surface area contributed by atoms with Gasteiger partial charge in [0.2, 0.25) is 0 Å². The van der Waals surface area contributed by atoms with E-state index >= 15 is 0 Å². The maximum atomic E-state index is 12.1. The fourth-order valence-electron chi connectivity index (χ4n) is 2.00. The third-order valence-corrected chi connectivity index (χ3v) is 3.66. The molecule has 0 unspecified atom stereocenters. The van der Waals surface area contributed by atoms with Crippen LogP contribution in [0.25, 0.3) is 0 Å². The Morgan fingerprint density at radius 2 is 1.83 bits per heavy atom. The molecule has 3 aromatic rings. The molecule has 0 bridgehead atoms. The van der Waals surface area contributed by atoms with Gasteiger partial charge in [0.15, 0.2) is 5.82 Å². The zero-order valence-electron chi connectivity index (χ0n) is 12.6. The average Bonchev–Trinajstić information content (AvgIpc) is 2.62. The molecule has 0 aliphatic heterocycles. The SMILES string of the molecule is O=C(Nc1ccc(NCc2ccccn2)nn1)c1cccc(Br)c1. The van der Waals surface area contributed by atoms with Crippen molar-refractivity contribution in [2.24, 2.45) is 0 Å². The highest BCUT2D eigenvalue weighted by Gasteiger charge is 2.07. The lowest BCUT2D eigenvalue weighted by atomic mass is 10.2. The van der Waals surface area contributed by atoms with Crippen LogP contribution in [0, 0.1) is 0 Å². The van der Waals surface area contributed by atoms with Crippen molar-refractivity contribution in [2.45, 2.75) is 6.54 Å². The number of anilines is 2. The third kappa shape index (κ3) is 4.36. The van der Waals surface area contributed by atoms with Crippen LogP contribution >= 0.6 is 15.9 Å². The lowest BCUT2D eigenvalue weighted by Gasteiger charge is -2.06. The molecule has 2 aromatic heterocycles. The number of hydrogen-bond donors (Lipinski definition) is 2. The number of nitrogens with one attached hydrogen (secondary N) is 2. The predicted octanol–water partition coefficient (Wildman–Crippen LogP) is 3.50. The monoisotopic (exact) mass is 383 g/mol. The second-order valence-corrected chi connectivity index (χ2v) is 5.86. The van der Waals surface area contributed by atoms with Crippen LogP contribution < -0.4 is 10.6 Å². The summed E-state index contributed by atoms with van der Waals surface area (Å²) in [6.45, 7) is 0.555. The number of benzene rings is 1. The minimum Gasteiger partial charge on any atom is -0.363 e. The summed E-state index contributed by atoms with van der Waals surface area (Å²) in [6.07, 6.45) is 1.74. The number of carbonyl (C=O) groups is 1. The molecule has 0 atom stereocenters. The summed E-state index contributed by atoms with van der Waals surface area (Å²) in [6, 6.07) is 16.3. The summed E-state index contributed by atoms with van der Waals surface area (Å²) >= 11 is 3.34. The molecule has 0 spiro atoms. The lowest BCUT2D eigenvalue weighted by molar-refractivity contribution is 0.102. The molecule has 0 saturated heterocycles. The first-order chi connectivity index (χ1) is 11.7. The van der Waals surface area contributed by atoms with Crippen LogP contribution in [0.4, 0.5) is 11.6 Å². The molecule has 0 aliphatic rings. The molecular weight excluding hydrogens is 370 g/mol. The normalized spacial score (nSPS) is 10.2. The van der Waals surface area contributed by atoms with Gasteiger partial charge in [-0.15, -0.1) is 10.2 Å². The third-order valence-electron chi connectivity index (χ3n) is 3.17. The zero-order valence-corrected chi connectivity index (χ0v) is 14.2. The number of rotatable bonds is 5. The second-order valence-electron chi connectivity index (χ2n) is 4.94. The molecule has 24 heavy (non-hydrogen) atoms. The van der Waals surface area contributed by atoms with E-state index in [2.05, 4.69) is 41.7 Å². The number of aromatic nitrogens is 3. The van der Waals surface area contributed by atoms with Crippen LogP contribution in [0.5, 0.6) is 0 Å². The van der Waals surface area contributed by atoms with Crippen LogP contribution in [0.15, 0.2) is 65.3 Å². The van der Waals surface area contributed by atoms with E-state index in [0.717, 1.165) is 10.2 Å². The van der Waals surface area contributed by atoms with E-state index in [4.69, 9.17) is 0 Å². The Bertz CT molecular complexity index is 824. The van der Waals surface area contributed by atoms with Crippen molar-refractivity contribution in [1.29, 1.82) is 0 Å². The van der Waals surface area contributed by atoms with Crippen molar-refractivity contribution in [1.82, 2.24) is 15.2 Å². The largest absolute Gasteiger partial charge is 0.363 e. The summed E-state index contributed by atoms with van der Waals surface area (Å²) in [5, 5.41) is 13.9. The molecule has 0 saturated carbocycles. The molecular formula is C17H14BrN5O. The zero-order chi connectivity index (χ0) is 16.8. The summed E-state index contributed by atoms with van der Waals surface area (Å²) in [7, 11) is 0. The maximum absolute atomic E-state index is 12.1. The van der Waals surface area contributed by atoms with Crippen LogP contribution in [0.3, 0.4) is 0 Å². The number of nitrogens with zero attached hydrogens (tertiary/aromatic N) is 3. The van der Waals surface area contributed by atoms with Gasteiger partial charge in [0.05, 0.1) is 12.2 Å².